The highest BCUT2D eigenvalue weighted by Gasteiger charge is 2.27. The number of pyridine rings is 1. The molecule has 1 saturated heterocycles. The van der Waals surface area contributed by atoms with E-state index < -0.39 is 9.84 Å². The molecule has 6 nitrogen and oxygen atoms in total. The van der Waals surface area contributed by atoms with Gasteiger partial charge in [0.05, 0.1) is 24.5 Å². The second-order valence-corrected chi connectivity index (χ2v) is 9.65. The SMILES string of the molecule is Cc1cc(OC2CCC(OC3CCN(C)CC3)CC2)cnc1S(C)(=O)=O. The lowest BCUT2D eigenvalue weighted by molar-refractivity contribution is -0.0643. The van der Waals surface area contributed by atoms with Crippen LogP contribution in [0.25, 0.3) is 0 Å². The predicted octanol–water partition coefficient (Wildman–Crippen LogP) is 2.59. The molecule has 0 radical (unpaired) electrons. The van der Waals surface area contributed by atoms with Gasteiger partial charge in [-0.3, -0.25) is 0 Å². The van der Waals surface area contributed by atoms with Gasteiger partial charge < -0.3 is 14.4 Å². The molecule has 146 valence electrons. The van der Waals surface area contributed by atoms with Crippen molar-refractivity contribution in [1.82, 2.24) is 9.88 Å². The first-order valence-electron chi connectivity index (χ1n) is 9.48. The smallest absolute Gasteiger partial charge is 0.193 e. The molecule has 3 rings (SSSR count). The number of piperidine rings is 1. The van der Waals surface area contributed by atoms with Crippen LogP contribution in [-0.4, -0.2) is 63.0 Å². The summed E-state index contributed by atoms with van der Waals surface area (Å²) in [7, 11) is -1.13. The summed E-state index contributed by atoms with van der Waals surface area (Å²) in [5.41, 5.74) is 0.629. The van der Waals surface area contributed by atoms with E-state index in [9.17, 15) is 8.42 Å². The Kier molecular flexibility index (Phi) is 6.20. The molecule has 1 aliphatic heterocycles. The number of hydrogen-bond acceptors (Lipinski definition) is 6. The zero-order valence-electron chi connectivity index (χ0n) is 16.0. The first-order valence-corrected chi connectivity index (χ1v) is 11.4. The van der Waals surface area contributed by atoms with E-state index >= 15 is 0 Å². The second-order valence-electron chi connectivity index (χ2n) is 7.72. The molecule has 2 heterocycles. The third kappa shape index (κ3) is 5.18. The van der Waals surface area contributed by atoms with Gasteiger partial charge in [-0.15, -0.1) is 0 Å². The first kappa shape index (κ1) is 19.6. The van der Waals surface area contributed by atoms with Crippen LogP contribution in [0, 0.1) is 6.92 Å². The fraction of sp³-hybridized carbons (Fsp3) is 0.737. The van der Waals surface area contributed by atoms with E-state index in [1.54, 1.807) is 13.0 Å². The number of hydrogen-bond donors (Lipinski definition) is 0. The summed E-state index contributed by atoms with van der Waals surface area (Å²) in [5, 5.41) is 0.125. The highest BCUT2D eigenvalue weighted by molar-refractivity contribution is 7.90. The Labute approximate surface area is 156 Å². The van der Waals surface area contributed by atoms with Gasteiger partial charge in [-0.05, 0) is 64.1 Å². The summed E-state index contributed by atoms with van der Waals surface area (Å²) in [6, 6.07) is 1.77. The number of rotatable bonds is 5. The lowest BCUT2D eigenvalue weighted by Crippen LogP contribution is -2.37. The van der Waals surface area contributed by atoms with E-state index in [1.807, 2.05) is 0 Å². The molecule has 1 aliphatic carbocycles. The maximum absolute atomic E-state index is 11.7. The van der Waals surface area contributed by atoms with Crippen molar-refractivity contribution in [3.63, 3.8) is 0 Å². The molecule has 0 unspecified atom stereocenters. The van der Waals surface area contributed by atoms with E-state index in [0.717, 1.165) is 51.6 Å². The summed E-state index contributed by atoms with van der Waals surface area (Å²) in [6.07, 6.45) is 9.82. The van der Waals surface area contributed by atoms with Crippen LogP contribution in [0.15, 0.2) is 17.3 Å². The van der Waals surface area contributed by atoms with Gasteiger partial charge in [0.2, 0.25) is 0 Å². The van der Waals surface area contributed by atoms with Gasteiger partial charge >= 0.3 is 0 Å². The maximum atomic E-state index is 11.7. The molecular formula is C19H30N2O4S. The Morgan fingerprint density at radius 1 is 1.04 bits per heavy atom. The van der Waals surface area contributed by atoms with E-state index in [1.165, 1.54) is 12.5 Å². The van der Waals surface area contributed by atoms with Crippen molar-refractivity contribution in [1.29, 1.82) is 0 Å². The van der Waals surface area contributed by atoms with Crippen LogP contribution in [-0.2, 0) is 14.6 Å². The Hall–Kier alpha value is -1.18. The Balaban J connectivity index is 1.47. The van der Waals surface area contributed by atoms with Crippen molar-refractivity contribution in [3.05, 3.63) is 17.8 Å². The van der Waals surface area contributed by atoms with Crippen LogP contribution in [0.5, 0.6) is 5.75 Å². The third-order valence-electron chi connectivity index (χ3n) is 5.33. The summed E-state index contributed by atoms with van der Waals surface area (Å²) in [5.74, 6) is 0.648. The Morgan fingerprint density at radius 2 is 1.62 bits per heavy atom. The second kappa shape index (κ2) is 8.23. The molecule has 1 aromatic heterocycles. The van der Waals surface area contributed by atoms with Gasteiger partial charge in [0.25, 0.3) is 0 Å². The van der Waals surface area contributed by atoms with E-state index in [0.29, 0.717) is 23.5 Å². The molecule has 2 fully saturated rings. The molecule has 0 spiro atoms. The number of nitrogens with zero attached hydrogens (tertiary/aromatic N) is 2. The van der Waals surface area contributed by atoms with E-state index in [2.05, 4.69) is 16.9 Å². The van der Waals surface area contributed by atoms with E-state index in [4.69, 9.17) is 9.47 Å². The molecule has 0 amide bonds. The summed E-state index contributed by atoms with van der Waals surface area (Å²) in [6.45, 7) is 4.00. The zero-order chi connectivity index (χ0) is 18.7. The van der Waals surface area contributed by atoms with Crippen LogP contribution in [0.4, 0.5) is 0 Å². The van der Waals surface area contributed by atoms with Crippen molar-refractivity contribution in [2.45, 2.75) is 68.8 Å². The van der Waals surface area contributed by atoms with Gasteiger partial charge in [0.1, 0.15) is 5.75 Å². The quantitative estimate of drug-likeness (QED) is 0.780. The summed E-state index contributed by atoms with van der Waals surface area (Å²) in [4.78, 5) is 6.43. The van der Waals surface area contributed by atoms with Crippen molar-refractivity contribution >= 4 is 9.84 Å². The minimum absolute atomic E-state index is 0.125. The van der Waals surface area contributed by atoms with Crippen molar-refractivity contribution < 1.29 is 17.9 Å². The van der Waals surface area contributed by atoms with Gasteiger partial charge in [0, 0.05) is 19.3 Å². The minimum atomic E-state index is -3.29. The average molecular weight is 383 g/mol. The van der Waals surface area contributed by atoms with Crippen molar-refractivity contribution in [3.8, 4) is 5.75 Å². The molecule has 0 aromatic carbocycles. The number of aryl methyl sites for hydroxylation is 1. The normalized spacial score (nSPS) is 26.0. The highest BCUT2D eigenvalue weighted by Crippen LogP contribution is 2.28. The van der Waals surface area contributed by atoms with Gasteiger partial charge in [0.15, 0.2) is 14.9 Å². The summed E-state index contributed by atoms with van der Waals surface area (Å²) < 4.78 is 35.6. The third-order valence-corrected chi connectivity index (χ3v) is 6.46. The van der Waals surface area contributed by atoms with Crippen molar-refractivity contribution in [2.75, 3.05) is 26.4 Å². The van der Waals surface area contributed by atoms with Crippen LogP contribution in [0.3, 0.4) is 0 Å². The largest absolute Gasteiger partial charge is 0.489 e. The molecule has 0 bridgehead atoms. The molecule has 7 heteroatoms. The number of sulfone groups is 1. The fourth-order valence-electron chi connectivity index (χ4n) is 3.86. The molecule has 0 atom stereocenters. The van der Waals surface area contributed by atoms with Crippen molar-refractivity contribution in [2.24, 2.45) is 0 Å². The molecular weight excluding hydrogens is 352 g/mol. The molecule has 0 N–H and O–H groups in total. The lowest BCUT2D eigenvalue weighted by Gasteiger charge is -2.35. The van der Waals surface area contributed by atoms with Gasteiger partial charge in [-0.2, -0.15) is 0 Å². The van der Waals surface area contributed by atoms with Crippen LogP contribution in [0.1, 0.15) is 44.1 Å². The topological polar surface area (TPSA) is 68.7 Å². The molecule has 1 aromatic rings. The first-order chi connectivity index (χ1) is 12.3. The van der Waals surface area contributed by atoms with Crippen LogP contribution < -0.4 is 4.74 Å². The van der Waals surface area contributed by atoms with Crippen LogP contribution >= 0.6 is 0 Å². The summed E-state index contributed by atoms with van der Waals surface area (Å²) >= 11 is 0. The average Bonchev–Trinajstić information content (AvgIpc) is 2.58. The Morgan fingerprint density at radius 3 is 2.19 bits per heavy atom. The minimum Gasteiger partial charge on any atom is -0.489 e. The molecule has 1 saturated carbocycles. The standard InChI is InChI=1S/C19H30N2O4S/c1-14-12-18(13-20-19(14)26(3,22)23)25-16-6-4-15(5-7-16)24-17-8-10-21(2)11-9-17/h12-13,15-17H,4-11H2,1-3H3. The maximum Gasteiger partial charge on any atom is 0.193 e. The monoisotopic (exact) mass is 382 g/mol. The molecule has 2 aliphatic rings. The number of likely N-dealkylation sites (tertiary alicyclic amines) is 1. The predicted molar refractivity (Wildman–Crippen MR) is 100 cm³/mol. The lowest BCUT2D eigenvalue weighted by atomic mass is 9.94. The van der Waals surface area contributed by atoms with Gasteiger partial charge in [-0.25, -0.2) is 13.4 Å². The fourth-order valence-corrected chi connectivity index (χ4v) is 4.75. The van der Waals surface area contributed by atoms with E-state index in [-0.39, 0.29) is 11.1 Å². The zero-order valence-corrected chi connectivity index (χ0v) is 16.8. The van der Waals surface area contributed by atoms with Gasteiger partial charge in [-0.1, -0.05) is 0 Å². The van der Waals surface area contributed by atoms with Crippen LogP contribution in [0.2, 0.25) is 0 Å². The highest BCUT2D eigenvalue weighted by atomic mass is 32.2. The number of ether oxygens (including phenoxy) is 2. The molecule has 26 heavy (non-hydrogen) atoms. The number of aromatic nitrogens is 1. The Bertz CT molecular complexity index is 706.